The van der Waals surface area contributed by atoms with E-state index >= 15 is 0 Å². The molecule has 2 aromatic carbocycles. The molecule has 0 aliphatic rings. The monoisotopic (exact) mass is 426 g/mol. The predicted octanol–water partition coefficient (Wildman–Crippen LogP) is 4.38. The van der Waals surface area contributed by atoms with Gasteiger partial charge in [-0.3, -0.25) is 14.9 Å². The number of carbonyl (C=O) groups is 1. The summed E-state index contributed by atoms with van der Waals surface area (Å²) in [4.78, 5) is 22.8. The summed E-state index contributed by atoms with van der Waals surface area (Å²) in [6.45, 7) is 6.86. The van der Waals surface area contributed by atoms with Crippen LogP contribution in [0.3, 0.4) is 0 Å². The number of ether oxygens (including phenoxy) is 1. The Hall–Kier alpha value is -3.20. The number of hydrogen-bond acceptors (Lipinski definition) is 7. The first-order valence-corrected chi connectivity index (χ1v) is 10.4. The van der Waals surface area contributed by atoms with Crippen LogP contribution in [0.1, 0.15) is 34.2 Å². The molecular weight excluding hydrogens is 404 g/mol. The van der Waals surface area contributed by atoms with Crippen molar-refractivity contribution in [1.82, 2.24) is 14.8 Å². The van der Waals surface area contributed by atoms with E-state index in [0.29, 0.717) is 23.1 Å². The van der Waals surface area contributed by atoms with Crippen LogP contribution >= 0.6 is 11.8 Å². The SMILES string of the molecule is CCn1c(COc2c(C)cccc2C)nnc1SCC(=O)c1cccc([N+](=O)[O-])c1. The number of thioether (sulfide) groups is 1. The van der Waals surface area contributed by atoms with Crippen molar-refractivity contribution in [3.8, 4) is 5.75 Å². The van der Waals surface area contributed by atoms with Crippen molar-refractivity contribution in [2.75, 3.05) is 5.75 Å². The average Bonchev–Trinajstić information content (AvgIpc) is 3.13. The molecule has 0 bridgehead atoms. The molecule has 0 aliphatic heterocycles. The van der Waals surface area contributed by atoms with Gasteiger partial charge in [-0.05, 0) is 31.9 Å². The number of hydrogen-bond donors (Lipinski definition) is 0. The van der Waals surface area contributed by atoms with E-state index in [4.69, 9.17) is 4.74 Å². The van der Waals surface area contributed by atoms with E-state index in [0.717, 1.165) is 16.9 Å². The van der Waals surface area contributed by atoms with Crippen molar-refractivity contribution in [3.63, 3.8) is 0 Å². The van der Waals surface area contributed by atoms with Crippen molar-refractivity contribution in [3.05, 3.63) is 75.1 Å². The fraction of sp³-hybridized carbons (Fsp3) is 0.286. The highest BCUT2D eigenvalue weighted by Crippen LogP contribution is 2.25. The molecule has 0 spiro atoms. The van der Waals surface area contributed by atoms with Crippen molar-refractivity contribution in [1.29, 1.82) is 0 Å². The molecule has 0 unspecified atom stereocenters. The summed E-state index contributed by atoms with van der Waals surface area (Å²) in [5, 5.41) is 19.9. The van der Waals surface area contributed by atoms with Crippen LogP contribution in [0.2, 0.25) is 0 Å². The van der Waals surface area contributed by atoms with Crippen LogP contribution in [0, 0.1) is 24.0 Å². The van der Waals surface area contributed by atoms with Gasteiger partial charge >= 0.3 is 0 Å². The summed E-state index contributed by atoms with van der Waals surface area (Å²) in [7, 11) is 0. The lowest BCUT2D eigenvalue weighted by Crippen LogP contribution is -2.09. The van der Waals surface area contributed by atoms with Gasteiger partial charge in [0, 0.05) is 24.2 Å². The van der Waals surface area contributed by atoms with E-state index < -0.39 is 4.92 Å². The zero-order valence-electron chi connectivity index (χ0n) is 17.0. The minimum absolute atomic E-state index is 0.103. The Morgan fingerprint density at radius 3 is 2.53 bits per heavy atom. The van der Waals surface area contributed by atoms with Crippen LogP contribution in [-0.4, -0.2) is 31.2 Å². The number of para-hydroxylation sites is 1. The molecular formula is C21H22N4O4S. The number of nitro groups is 1. The molecule has 0 radical (unpaired) electrons. The highest BCUT2D eigenvalue weighted by Gasteiger charge is 2.16. The van der Waals surface area contributed by atoms with Gasteiger partial charge in [0.15, 0.2) is 16.8 Å². The Labute approximate surface area is 178 Å². The molecule has 1 heterocycles. The molecule has 0 amide bonds. The van der Waals surface area contributed by atoms with Gasteiger partial charge in [-0.15, -0.1) is 10.2 Å². The van der Waals surface area contributed by atoms with E-state index in [-0.39, 0.29) is 23.8 Å². The van der Waals surface area contributed by atoms with E-state index in [1.807, 2.05) is 43.5 Å². The molecule has 0 saturated carbocycles. The summed E-state index contributed by atoms with van der Waals surface area (Å²) in [5.41, 5.74) is 2.30. The summed E-state index contributed by atoms with van der Waals surface area (Å²) in [5.74, 6) is 1.41. The third-order valence-electron chi connectivity index (χ3n) is 4.58. The van der Waals surface area contributed by atoms with Crippen LogP contribution in [0.5, 0.6) is 5.75 Å². The van der Waals surface area contributed by atoms with E-state index in [9.17, 15) is 14.9 Å². The molecule has 0 fully saturated rings. The maximum Gasteiger partial charge on any atom is 0.270 e. The summed E-state index contributed by atoms with van der Waals surface area (Å²) in [6, 6.07) is 11.7. The zero-order valence-corrected chi connectivity index (χ0v) is 17.8. The Balaban J connectivity index is 1.68. The highest BCUT2D eigenvalue weighted by atomic mass is 32.2. The fourth-order valence-corrected chi connectivity index (χ4v) is 3.94. The first-order chi connectivity index (χ1) is 14.4. The summed E-state index contributed by atoms with van der Waals surface area (Å²) >= 11 is 1.25. The fourth-order valence-electron chi connectivity index (χ4n) is 3.02. The minimum atomic E-state index is -0.514. The predicted molar refractivity (Wildman–Crippen MR) is 114 cm³/mol. The van der Waals surface area contributed by atoms with Gasteiger partial charge in [0.05, 0.1) is 10.7 Å². The zero-order chi connectivity index (χ0) is 21.7. The van der Waals surface area contributed by atoms with Gasteiger partial charge in [0.1, 0.15) is 12.4 Å². The number of rotatable bonds is 9. The molecule has 1 aromatic heterocycles. The Bertz CT molecular complexity index is 1060. The van der Waals surface area contributed by atoms with Crippen molar-refractivity contribution < 1.29 is 14.5 Å². The standard InChI is InChI=1S/C21H22N4O4S/c1-4-24-19(12-29-20-14(2)7-5-8-15(20)3)22-23-21(24)30-13-18(26)16-9-6-10-17(11-16)25(27)28/h5-11H,4,12-13H2,1-3H3. The van der Waals surface area contributed by atoms with Crippen LogP contribution in [0.15, 0.2) is 47.6 Å². The smallest absolute Gasteiger partial charge is 0.270 e. The molecule has 3 aromatic rings. The molecule has 8 nitrogen and oxygen atoms in total. The van der Waals surface area contributed by atoms with Crippen molar-refractivity contribution in [2.45, 2.75) is 39.1 Å². The molecule has 3 rings (SSSR count). The second-order valence-corrected chi connectivity index (χ2v) is 7.61. The Morgan fingerprint density at radius 2 is 1.87 bits per heavy atom. The first kappa shape index (κ1) is 21.5. The van der Waals surface area contributed by atoms with Gasteiger partial charge in [0.25, 0.3) is 5.69 Å². The molecule has 0 saturated heterocycles. The van der Waals surface area contributed by atoms with E-state index in [1.165, 1.54) is 30.0 Å². The van der Waals surface area contributed by atoms with E-state index in [1.54, 1.807) is 6.07 Å². The lowest BCUT2D eigenvalue weighted by Gasteiger charge is -2.12. The Kier molecular flexibility index (Phi) is 6.83. The minimum Gasteiger partial charge on any atom is -0.485 e. The topological polar surface area (TPSA) is 100 Å². The third kappa shape index (κ3) is 4.85. The number of ketones is 1. The molecule has 9 heteroatoms. The van der Waals surface area contributed by atoms with Gasteiger partial charge < -0.3 is 9.30 Å². The van der Waals surface area contributed by atoms with Gasteiger partial charge in [-0.25, -0.2) is 0 Å². The molecule has 30 heavy (non-hydrogen) atoms. The summed E-state index contributed by atoms with van der Waals surface area (Å²) < 4.78 is 7.88. The van der Waals surface area contributed by atoms with Gasteiger partial charge in [-0.1, -0.05) is 42.1 Å². The first-order valence-electron chi connectivity index (χ1n) is 9.42. The third-order valence-corrected chi connectivity index (χ3v) is 5.54. The number of nitro benzene ring substituents is 1. The van der Waals surface area contributed by atoms with Crippen LogP contribution in [0.4, 0.5) is 5.69 Å². The number of aromatic nitrogens is 3. The average molecular weight is 426 g/mol. The lowest BCUT2D eigenvalue weighted by atomic mass is 10.1. The normalized spacial score (nSPS) is 10.8. The van der Waals surface area contributed by atoms with Gasteiger partial charge in [-0.2, -0.15) is 0 Å². The second-order valence-electron chi connectivity index (χ2n) is 6.67. The van der Waals surface area contributed by atoms with E-state index in [2.05, 4.69) is 10.2 Å². The molecule has 156 valence electrons. The molecule has 0 aliphatic carbocycles. The number of nitrogens with zero attached hydrogens (tertiary/aromatic N) is 4. The van der Waals surface area contributed by atoms with Crippen molar-refractivity contribution in [2.24, 2.45) is 0 Å². The highest BCUT2D eigenvalue weighted by molar-refractivity contribution is 7.99. The maximum absolute atomic E-state index is 12.5. The second kappa shape index (κ2) is 9.53. The number of aryl methyl sites for hydroxylation is 2. The van der Waals surface area contributed by atoms with Crippen LogP contribution in [-0.2, 0) is 13.2 Å². The lowest BCUT2D eigenvalue weighted by molar-refractivity contribution is -0.384. The number of benzene rings is 2. The van der Waals surface area contributed by atoms with Crippen molar-refractivity contribution >= 4 is 23.2 Å². The number of carbonyl (C=O) groups excluding carboxylic acids is 1. The van der Waals surface area contributed by atoms with Crippen LogP contribution < -0.4 is 4.74 Å². The van der Waals surface area contributed by atoms with Crippen LogP contribution in [0.25, 0.3) is 0 Å². The largest absolute Gasteiger partial charge is 0.485 e. The molecule has 0 N–H and O–H groups in total. The number of non-ortho nitro benzene ring substituents is 1. The van der Waals surface area contributed by atoms with Gasteiger partial charge in [0.2, 0.25) is 0 Å². The number of Topliss-reactive ketones (excluding diaryl/α,β-unsaturated/α-hetero) is 1. The maximum atomic E-state index is 12.5. The Morgan fingerprint density at radius 1 is 1.17 bits per heavy atom. The molecule has 0 atom stereocenters. The quantitative estimate of drug-likeness (QED) is 0.217. The summed E-state index contributed by atoms with van der Waals surface area (Å²) in [6.07, 6.45) is 0.